The summed E-state index contributed by atoms with van der Waals surface area (Å²) in [6, 6.07) is 4.73. The summed E-state index contributed by atoms with van der Waals surface area (Å²) in [6.07, 6.45) is 6.95. The maximum atomic E-state index is 4.92. The first kappa shape index (κ1) is 14.5. The minimum Gasteiger partial charge on any atom is -0.311 e. The van der Waals surface area contributed by atoms with Gasteiger partial charge in [-0.3, -0.25) is 0 Å². The van der Waals surface area contributed by atoms with E-state index in [1.807, 2.05) is 12.3 Å². The molecule has 2 aliphatic heterocycles. The van der Waals surface area contributed by atoms with Gasteiger partial charge in [-0.15, -0.1) is 0 Å². The van der Waals surface area contributed by atoms with Crippen LogP contribution in [0, 0.1) is 5.92 Å². The van der Waals surface area contributed by atoms with Crippen LogP contribution in [0.2, 0.25) is 0 Å². The Hall–Kier alpha value is -1.07. The number of rotatable bonds is 4. The van der Waals surface area contributed by atoms with Crippen LogP contribution in [0.3, 0.4) is 0 Å². The predicted molar refractivity (Wildman–Crippen MR) is 92.3 cm³/mol. The first-order valence-corrected chi connectivity index (χ1v) is 9.55. The molecule has 2 atom stereocenters. The van der Waals surface area contributed by atoms with Crippen molar-refractivity contribution in [2.24, 2.45) is 5.92 Å². The average Bonchev–Trinajstić information content (AvgIpc) is 3.23. The molecule has 2 aromatic heterocycles. The second kappa shape index (κ2) is 6.20. The molecule has 0 bridgehead atoms. The summed E-state index contributed by atoms with van der Waals surface area (Å²) in [7, 11) is 2.25. The van der Waals surface area contributed by atoms with Crippen molar-refractivity contribution in [1.82, 2.24) is 19.4 Å². The highest BCUT2D eigenvalue weighted by Crippen LogP contribution is 2.28. The number of hydrogen-bond acceptors (Lipinski definition) is 4. The van der Waals surface area contributed by atoms with Gasteiger partial charge in [0.1, 0.15) is 11.3 Å². The Balaban J connectivity index is 1.66. The lowest BCUT2D eigenvalue weighted by Crippen LogP contribution is -2.30. The van der Waals surface area contributed by atoms with Gasteiger partial charge in [0, 0.05) is 25.2 Å². The smallest absolute Gasteiger partial charge is 0.160 e. The summed E-state index contributed by atoms with van der Waals surface area (Å²) in [4.78, 5) is 12.0. The van der Waals surface area contributed by atoms with Crippen molar-refractivity contribution in [2.45, 2.75) is 38.3 Å². The molecule has 118 valence electrons. The molecule has 0 aliphatic carbocycles. The quantitative estimate of drug-likeness (QED) is 0.868. The maximum Gasteiger partial charge on any atom is 0.160 e. The second-order valence-corrected chi connectivity index (χ2v) is 7.85. The highest BCUT2D eigenvalue weighted by atomic mass is 32.2. The first-order valence-electron chi connectivity index (χ1n) is 8.39. The van der Waals surface area contributed by atoms with Crippen LogP contribution in [0.4, 0.5) is 0 Å². The van der Waals surface area contributed by atoms with Gasteiger partial charge in [-0.1, -0.05) is 0 Å². The molecule has 2 aromatic rings. The minimum absolute atomic E-state index is 0.635. The van der Waals surface area contributed by atoms with Crippen molar-refractivity contribution < 1.29 is 0 Å². The van der Waals surface area contributed by atoms with Crippen molar-refractivity contribution in [2.75, 3.05) is 25.1 Å². The molecule has 0 spiro atoms. The van der Waals surface area contributed by atoms with Crippen molar-refractivity contribution in [3.8, 4) is 0 Å². The number of hydrogen-bond donors (Lipinski definition) is 0. The maximum absolute atomic E-state index is 4.92. The number of nitrogens with zero attached hydrogens (tertiary/aromatic N) is 4. The van der Waals surface area contributed by atoms with E-state index in [4.69, 9.17) is 4.98 Å². The Morgan fingerprint density at radius 1 is 1.36 bits per heavy atom. The standard InChI is InChI=1S/C17H24N4S/c1-20-8-3-4-14(20)11-21-16(10-13-6-9-22-12-13)19-15-5-2-7-18-17(15)21/h2,5,7,13-14H,3-4,6,8-12H2,1H3. The van der Waals surface area contributed by atoms with E-state index in [0.29, 0.717) is 6.04 Å². The van der Waals surface area contributed by atoms with E-state index in [2.05, 4.69) is 39.3 Å². The first-order chi connectivity index (χ1) is 10.8. The van der Waals surface area contributed by atoms with Gasteiger partial charge in [0.25, 0.3) is 0 Å². The Labute approximate surface area is 136 Å². The van der Waals surface area contributed by atoms with E-state index in [9.17, 15) is 0 Å². The summed E-state index contributed by atoms with van der Waals surface area (Å²) < 4.78 is 2.41. The van der Waals surface area contributed by atoms with Crippen LogP contribution in [-0.2, 0) is 13.0 Å². The average molecular weight is 316 g/mol. The highest BCUT2D eigenvalue weighted by Gasteiger charge is 2.25. The predicted octanol–water partition coefficient (Wildman–Crippen LogP) is 2.82. The molecular formula is C17H24N4S. The van der Waals surface area contributed by atoms with Gasteiger partial charge in [-0.25, -0.2) is 9.97 Å². The summed E-state index contributed by atoms with van der Waals surface area (Å²) in [5.74, 6) is 4.65. The zero-order valence-electron chi connectivity index (χ0n) is 13.2. The molecule has 4 rings (SSSR count). The molecule has 5 heteroatoms. The lowest BCUT2D eigenvalue weighted by Gasteiger charge is -2.21. The van der Waals surface area contributed by atoms with Gasteiger partial charge in [0.05, 0.1) is 0 Å². The molecular weight excluding hydrogens is 292 g/mol. The third kappa shape index (κ3) is 2.76. The van der Waals surface area contributed by atoms with Gasteiger partial charge in [-0.2, -0.15) is 11.8 Å². The van der Waals surface area contributed by atoms with Gasteiger partial charge in [-0.05, 0) is 62.4 Å². The number of aromatic nitrogens is 3. The van der Waals surface area contributed by atoms with Crippen LogP contribution in [0.15, 0.2) is 18.3 Å². The van der Waals surface area contributed by atoms with E-state index in [-0.39, 0.29) is 0 Å². The van der Waals surface area contributed by atoms with Crippen LogP contribution >= 0.6 is 11.8 Å². The van der Waals surface area contributed by atoms with E-state index in [1.54, 1.807) is 0 Å². The molecule has 0 saturated carbocycles. The molecule has 2 aliphatic rings. The third-order valence-corrected chi connectivity index (χ3v) is 6.37. The molecule has 2 fully saturated rings. The number of likely N-dealkylation sites (tertiary alicyclic amines) is 1. The van der Waals surface area contributed by atoms with Gasteiger partial charge < -0.3 is 9.47 Å². The largest absolute Gasteiger partial charge is 0.311 e. The molecule has 0 radical (unpaired) electrons. The summed E-state index contributed by atoms with van der Waals surface area (Å²) in [6.45, 7) is 2.26. The fourth-order valence-electron chi connectivity index (χ4n) is 3.78. The van der Waals surface area contributed by atoms with Crippen molar-refractivity contribution >= 4 is 22.9 Å². The fourth-order valence-corrected chi connectivity index (χ4v) is 5.06. The lowest BCUT2D eigenvalue weighted by atomic mass is 10.0. The molecule has 4 heterocycles. The fraction of sp³-hybridized carbons (Fsp3) is 0.647. The number of thioether (sulfide) groups is 1. The Bertz CT molecular complexity index is 647. The highest BCUT2D eigenvalue weighted by molar-refractivity contribution is 7.99. The zero-order valence-corrected chi connectivity index (χ0v) is 14.1. The van der Waals surface area contributed by atoms with Crippen LogP contribution in [0.5, 0.6) is 0 Å². The Morgan fingerprint density at radius 2 is 2.32 bits per heavy atom. The monoisotopic (exact) mass is 316 g/mol. The van der Waals surface area contributed by atoms with Crippen LogP contribution in [0.25, 0.3) is 11.2 Å². The number of pyridine rings is 1. The van der Waals surface area contributed by atoms with Gasteiger partial charge >= 0.3 is 0 Å². The number of likely N-dealkylation sites (N-methyl/N-ethyl adjacent to an activating group) is 1. The van der Waals surface area contributed by atoms with Gasteiger partial charge in [0.2, 0.25) is 0 Å². The van der Waals surface area contributed by atoms with Crippen molar-refractivity contribution in [1.29, 1.82) is 0 Å². The Kier molecular flexibility index (Phi) is 4.09. The number of imidazole rings is 1. The van der Waals surface area contributed by atoms with Crippen LogP contribution in [-0.4, -0.2) is 50.6 Å². The van der Waals surface area contributed by atoms with E-state index >= 15 is 0 Å². The van der Waals surface area contributed by atoms with Crippen molar-refractivity contribution in [3.63, 3.8) is 0 Å². The summed E-state index contributed by atoms with van der Waals surface area (Å²) in [5, 5.41) is 0. The molecule has 0 amide bonds. The minimum atomic E-state index is 0.635. The number of fused-ring (bicyclic) bond motifs is 1. The van der Waals surface area contributed by atoms with Crippen molar-refractivity contribution in [3.05, 3.63) is 24.2 Å². The topological polar surface area (TPSA) is 34.0 Å². The summed E-state index contributed by atoms with van der Waals surface area (Å²) in [5.41, 5.74) is 2.13. The molecule has 4 nitrogen and oxygen atoms in total. The lowest BCUT2D eigenvalue weighted by molar-refractivity contribution is 0.281. The van der Waals surface area contributed by atoms with E-state index < -0.39 is 0 Å². The van der Waals surface area contributed by atoms with Crippen LogP contribution < -0.4 is 0 Å². The molecule has 22 heavy (non-hydrogen) atoms. The molecule has 0 aromatic carbocycles. The zero-order chi connectivity index (χ0) is 14.9. The normalized spacial score (nSPS) is 26.2. The third-order valence-electron chi connectivity index (χ3n) is 5.14. The van der Waals surface area contributed by atoms with E-state index in [1.165, 1.54) is 43.1 Å². The molecule has 0 N–H and O–H groups in total. The van der Waals surface area contributed by atoms with Crippen LogP contribution in [0.1, 0.15) is 25.1 Å². The van der Waals surface area contributed by atoms with E-state index in [0.717, 1.165) is 30.0 Å². The Morgan fingerprint density at radius 3 is 3.09 bits per heavy atom. The SMILES string of the molecule is CN1CCCC1Cn1c(CC2CCSC2)nc2cccnc21. The van der Waals surface area contributed by atoms with Gasteiger partial charge in [0.15, 0.2) is 5.65 Å². The second-order valence-electron chi connectivity index (χ2n) is 6.70. The molecule has 2 saturated heterocycles. The summed E-state index contributed by atoms with van der Waals surface area (Å²) >= 11 is 2.09. The molecule has 2 unspecified atom stereocenters.